The number of hydrogen-bond acceptors (Lipinski definition) is 4. The number of rotatable bonds is 6. The van der Waals surface area contributed by atoms with Gasteiger partial charge in [-0.05, 0) is 30.6 Å². The quantitative estimate of drug-likeness (QED) is 0.812. The maximum atomic E-state index is 12.4. The summed E-state index contributed by atoms with van der Waals surface area (Å²) in [5, 5.41) is -0.396. The lowest BCUT2D eigenvalue weighted by Crippen LogP contribution is -2.48. The molecule has 1 aliphatic rings. The highest BCUT2D eigenvalue weighted by atomic mass is 32.2. The number of hydrogen-bond donors (Lipinski definition) is 1. The monoisotopic (exact) mass is 291 g/mol. The van der Waals surface area contributed by atoms with Crippen molar-refractivity contribution < 1.29 is 13.2 Å². The fraction of sp³-hybridized carbons (Fsp3) is 1.00. The average Bonchev–Trinajstić information content (AvgIpc) is 2.36. The zero-order chi connectivity index (χ0) is 14.7. The molecule has 2 N–H and O–H groups in total. The van der Waals surface area contributed by atoms with E-state index >= 15 is 0 Å². The molecule has 0 spiro atoms. The van der Waals surface area contributed by atoms with Crippen LogP contribution < -0.4 is 5.73 Å². The summed E-state index contributed by atoms with van der Waals surface area (Å²) in [6.07, 6.45) is 3.62. The van der Waals surface area contributed by atoms with Crippen molar-refractivity contribution >= 4 is 9.84 Å². The molecule has 3 atom stereocenters. The van der Waals surface area contributed by atoms with Crippen LogP contribution in [0.3, 0.4) is 0 Å². The van der Waals surface area contributed by atoms with Crippen LogP contribution in [-0.4, -0.2) is 39.2 Å². The Labute approximate surface area is 118 Å². The summed E-state index contributed by atoms with van der Waals surface area (Å²) < 4.78 is 29.6. The van der Waals surface area contributed by atoms with Crippen LogP contribution in [0.1, 0.15) is 46.5 Å². The van der Waals surface area contributed by atoms with Crippen LogP contribution in [0, 0.1) is 11.3 Å². The molecule has 0 amide bonds. The van der Waals surface area contributed by atoms with Crippen LogP contribution in [-0.2, 0) is 14.6 Å². The molecule has 1 rings (SSSR count). The van der Waals surface area contributed by atoms with Crippen LogP contribution in [0.25, 0.3) is 0 Å². The molecule has 0 aromatic carbocycles. The molecule has 0 radical (unpaired) electrons. The zero-order valence-electron chi connectivity index (χ0n) is 12.7. The lowest BCUT2D eigenvalue weighted by Gasteiger charge is -2.41. The van der Waals surface area contributed by atoms with Gasteiger partial charge in [-0.3, -0.25) is 0 Å². The van der Waals surface area contributed by atoms with E-state index in [1.54, 1.807) is 0 Å². The summed E-state index contributed by atoms with van der Waals surface area (Å²) in [4.78, 5) is 0. The number of ether oxygens (including phenoxy) is 1. The highest BCUT2D eigenvalue weighted by Gasteiger charge is 2.41. The molecule has 0 aromatic heterocycles. The summed E-state index contributed by atoms with van der Waals surface area (Å²) in [7, 11) is -1.62. The van der Waals surface area contributed by atoms with Crippen LogP contribution in [0.15, 0.2) is 0 Å². The van der Waals surface area contributed by atoms with Crippen molar-refractivity contribution in [3.63, 3.8) is 0 Å². The number of sulfone groups is 1. The van der Waals surface area contributed by atoms with Gasteiger partial charge in [0.15, 0.2) is 9.84 Å². The van der Waals surface area contributed by atoms with E-state index in [0.717, 1.165) is 19.3 Å². The Morgan fingerprint density at radius 2 is 1.95 bits per heavy atom. The largest absolute Gasteiger partial charge is 0.384 e. The van der Waals surface area contributed by atoms with Gasteiger partial charge in [0, 0.05) is 13.2 Å². The van der Waals surface area contributed by atoms with E-state index in [1.165, 1.54) is 7.11 Å². The summed E-state index contributed by atoms with van der Waals surface area (Å²) in [6.45, 7) is 6.89. The Bertz CT molecular complexity index is 378. The molecule has 0 bridgehead atoms. The molecule has 1 saturated carbocycles. The molecule has 0 aromatic rings. The van der Waals surface area contributed by atoms with Crippen LogP contribution in [0.5, 0.6) is 0 Å². The van der Waals surface area contributed by atoms with Gasteiger partial charge in [0.2, 0.25) is 0 Å². The van der Waals surface area contributed by atoms with E-state index < -0.39 is 15.1 Å². The van der Waals surface area contributed by atoms with Gasteiger partial charge >= 0.3 is 0 Å². The van der Waals surface area contributed by atoms with Crippen molar-refractivity contribution in [1.29, 1.82) is 0 Å². The third-order valence-corrected chi connectivity index (χ3v) is 7.09. The normalized spacial score (nSPS) is 29.4. The summed E-state index contributed by atoms with van der Waals surface area (Å²) in [6, 6.07) is -0.217. The van der Waals surface area contributed by atoms with E-state index in [4.69, 9.17) is 10.5 Å². The molecule has 4 nitrogen and oxygen atoms in total. The second-order valence-corrected chi connectivity index (χ2v) is 8.75. The van der Waals surface area contributed by atoms with E-state index in [0.29, 0.717) is 12.3 Å². The first kappa shape index (κ1) is 16.9. The molecular weight excluding hydrogens is 262 g/mol. The summed E-state index contributed by atoms with van der Waals surface area (Å²) in [5.74, 6) is 0.529. The van der Waals surface area contributed by atoms with Gasteiger partial charge in [-0.25, -0.2) is 8.42 Å². The van der Waals surface area contributed by atoms with Gasteiger partial charge in [-0.2, -0.15) is 0 Å². The third kappa shape index (κ3) is 4.17. The van der Waals surface area contributed by atoms with E-state index in [1.807, 2.05) is 0 Å². The Morgan fingerprint density at radius 1 is 1.32 bits per heavy atom. The summed E-state index contributed by atoms with van der Waals surface area (Å²) >= 11 is 0. The van der Waals surface area contributed by atoms with Gasteiger partial charge < -0.3 is 10.5 Å². The van der Waals surface area contributed by atoms with Crippen molar-refractivity contribution in [2.75, 3.05) is 19.5 Å². The standard InChI is InChI=1S/C14H29NO3S/c1-5-14(2,3)11-6-7-12(15)13(10-11)19(16,17)9-8-18-4/h11-13H,5-10,15H2,1-4H3. The van der Waals surface area contributed by atoms with E-state index in [2.05, 4.69) is 20.8 Å². The minimum Gasteiger partial charge on any atom is -0.384 e. The van der Waals surface area contributed by atoms with Gasteiger partial charge in [0.05, 0.1) is 17.6 Å². The molecule has 3 unspecified atom stereocenters. The van der Waals surface area contributed by atoms with Gasteiger partial charge in [0.25, 0.3) is 0 Å². The van der Waals surface area contributed by atoms with Gasteiger partial charge in [0.1, 0.15) is 0 Å². The molecule has 1 fully saturated rings. The lowest BCUT2D eigenvalue weighted by atomic mass is 9.69. The fourth-order valence-electron chi connectivity index (χ4n) is 2.91. The predicted octanol–water partition coefficient (Wildman–Crippen LogP) is 1.98. The first-order chi connectivity index (χ1) is 8.74. The predicted molar refractivity (Wildman–Crippen MR) is 78.8 cm³/mol. The highest BCUT2D eigenvalue weighted by Crippen LogP contribution is 2.41. The van der Waals surface area contributed by atoms with Crippen molar-refractivity contribution in [2.24, 2.45) is 17.1 Å². The number of methoxy groups -OCH3 is 1. The van der Waals surface area contributed by atoms with Crippen LogP contribution in [0.2, 0.25) is 0 Å². The SMILES string of the molecule is CCC(C)(C)C1CCC(N)C(S(=O)(=O)CCOC)C1. The maximum Gasteiger partial charge on any atom is 0.156 e. The Balaban J connectivity index is 2.82. The van der Waals surface area contributed by atoms with Crippen molar-refractivity contribution in [1.82, 2.24) is 0 Å². The fourth-order valence-corrected chi connectivity index (χ4v) is 4.81. The Kier molecular flexibility index (Phi) is 5.83. The molecule has 0 aliphatic heterocycles. The van der Waals surface area contributed by atoms with E-state index in [9.17, 15) is 8.42 Å². The van der Waals surface area contributed by atoms with Crippen molar-refractivity contribution in [3.8, 4) is 0 Å². The van der Waals surface area contributed by atoms with Crippen molar-refractivity contribution in [3.05, 3.63) is 0 Å². The van der Waals surface area contributed by atoms with Crippen LogP contribution in [0.4, 0.5) is 0 Å². The molecule has 0 heterocycles. The third-order valence-electron chi connectivity index (χ3n) is 4.89. The molecule has 114 valence electrons. The smallest absolute Gasteiger partial charge is 0.156 e. The second kappa shape index (κ2) is 6.55. The highest BCUT2D eigenvalue weighted by molar-refractivity contribution is 7.92. The topological polar surface area (TPSA) is 69.4 Å². The molecular formula is C14H29NO3S. The van der Waals surface area contributed by atoms with Crippen LogP contribution >= 0.6 is 0 Å². The lowest BCUT2D eigenvalue weighted by molar-refractivity contribution is 0.146. The minimum absolute atomic E-state index is 0.0845. The van der Waals surface area contributed by atoms with Crippen molar-refractivity contribution in [2.45, 2.75) is 57.7 Å². The first-order valence-corrected chi connectivity index (χ1v) is 8.92. The number of nitrogens with two attached hydrogens (primary N) is 1. The molecule has 1 aliphatic carbocycles. The Morgan fingerprint density at radius 3 is 2.47 bits per heavy atom. The first-order valence-electron chi connectivity index (χ1n) is 7.20. The minimum atomic E-state index is -3.15. The van der Waals surface area contributed by atoms with E-state index in [-0.39, 0.29) is 23.8 Å². The molecule has 0 saturated heterocycles. The molecule has 19 heavy (non-hydrogen) atoms. The zero-order valence-corrected chi connectivity index (χ0v) is 13.5. The maximum absolute atomic E-state index is 12.4. The summed E-state index contributed by atoms with van der Waals surface area (Å²) in [5.41, 5.74) is 6.25. The molecule has 5 heteroatoms. The second-order valence-electron chi connectivity index (χ2n) is 6.41. The van der Waals surface area contributed by atoms with Gasteiger partial charge in [-0.15, -0.1) is 0 Å². The Hall–Kier alpha value is -0.130. The average molecular weight is 291 g/mol. The van der Waals surface area contributed by atoms with Gasteiger partial charge in [-0.1, -0.05) is 27.2 Å².